The van der Waals surface area contributed by atoms with Crippen molar-refractivity contribution in [2.75, 3.05) is 0 Å². The van der Waals surface area contributed by atoms with Gasteiger partial charge in [-0.3, -0.25) is 4.79 Å². The third-order valence-electron chi connectivity index (χ3n) is 4.97. The largest absolute Gasteiger partial charge is 0.392 e. The quantitative estimate of drug-likeness (QED) is 0.543. The number of primary amides is 1. The molecule has 2 heterocycles. The van der Waals surface area contributed by atoms with Gasteiger partial charge in [-0.05, 0) is 29.7 Å². The fourth-order valence-corrected chi connectivity index (χ4v) is 3.46. The van der Waals surface area contributed by atoms with E-state index in [9.17, 15) is 9.90 Å². The predicted octanol–water partition coefficient (Wildman–Crippen LogP) is 4.12. The Morgan fingerprint density at radius 1 is 0.966 bits per heavy atom. The lowest BCUT2D eigenvalue weighted by Crippen LogP contribution is -2.14. The van der Waals surface area contributed by atoms with Crippen LogP contribution >= 0.6 is 0 Å². The average Bonchev–Trinajstić information content (AvgIpc) is 2.78. The van der Waals surface area contributed by atoms with E-state index in [1.807, 2.05) is 61.5 Å². The molecule has 0 radical (unpaired) electrons. The van der Waals surface area contributed by atoms with Crippen molar-refractivity contribution >= 4 is 16.8 Å². The Labute approximate surface area is 168 Å². The number of benzene rings is 2. The molecule has 0 bridgehead atoms. The molecule has 144 valence electrons. The van der Waals surface area contributed by atoms with Crippen LogP contribution in [0, 0.1) is 0 Å². The highest BCUT2D eigenvalue weighted by Crippen LogP contribution is 2.34. The van der Waals surface area contributed by atoms with Crippen LogP contribution < -0.4 is 5.73 Å². The molecule has 0 saturated carbocycles. The summed E-state index contributed by atoms with van der Waals surface area (Å²) in [5.74, 6) is -0.565. The van der Waals surface area contributed by atoms with E-state index in [1.165, 1.54) is 0 Å². The molecule has 1 amide bonds. The molecule has 0 saturated heterocycles. The Morgan fingerprint density at radius 3 is 2.31 bits per heavy atom. The van der Waals surface area contributed by atoms with Crippen LogP contribution in [0.2, 0.25) is 0 Å². The predicted molar refractivity (Wildman–Crippen MR) is 114 cm³/mol. The molecule has 5 heteroatoms. The molecule has 0 aliphatic heterocycles. The number of fused-ring (bicyclic) bond motifs is 1. The number of aliphatic hydroxyl groups excluding tert-OH is 1. The summed E-state index contributed by atoms with van der Waals surface area (Å²) in [7, 11) is 0. The van der Waals surface area contributed by atoms with Crippen molar-refractivity contribution in [3.63, 3.8) is 0 Å². The van der Waals surface area contributed by atoms with Gasteiger partial charge in [0.2, 0.25) is 0 Å². The summed E-state index contributed by atoms with van der Waals surface area (Å²) in [6.45, 7) is 1.99. The molecule has 4 rings (SSSR count). The van der Waals surface area contributed by atoms with Crippen LogP contribution in [0.3, 0.4) is 0 Å². The molecule has 0 fully saturated rings. The maximum absolute atomic E-state index is 11.7. The first-order valence-corrected chi connectivity index (χ1v) is 9.50. The lowest BCUT2D eigenvalue weighted by atomic mass is 9.96. The van der Waals surface area contributed by atoms with E-state index in [-0.39, 0.29) is 12.3 Å². The van der Waals surface area contributed by atoms with Crippen molar-refractivity contribution in [1.82, 2.24) is 9.97 Å². The number of nitrogens with two attached hydrogens (primary N) is 1. The van der Waals surface area contributed by atoms with Gasteiger partial charge in [-0.25, -0.2) is 9.97 Å². The number of pyridine rings is 2. The van der Waals surface area contributed by atoms with Crippen molar-refractivity contribution < 1.29 is 9.90 Å². The monoisotopic (exact) mass is 383 g/mol. The van der Waals surface area contributed by atoms with E-state index in [0.29, 0.717) is 11.9 Å². The van der Waals surface area contributed by atoms with Crippen molar-refractivity contribution in [2.45, 2.75) is 20.0 Å². The Morgan fingerprint density at radius 2 is 1.69 bits per heavy atom. The second-order valence-corrected chi connectivity index (χ2v) is 6.84. The van der Waals surface area contributed by atoms with Crippen LogP contribution in [-0.2, 0) is 13.0 Å². The fraction of sp³-hybridized carbons (Fsp3) is 0.125. The second-order valence-electron chi connectivity index (χ2n) is 6.84. The standard InChI is InChI=1S/C24H21N3O2/c1-2-20-19-12-18(16-6-4-3-5-7-16)23(17-10-8-15(14-28)9-11-17)27-21(19)13-22(26-20)24(25)29/h3-13,28H,2,14H2,1H3,(H2,25,29). The lowest BCUT2D eigenvalue weighted by Gasteiger charge is -2.14. The summed E-state index contributed by atoms with van der Waals surface area (Å²) in [5.41, 5.74) is 11.8. The topological polar surface area (TPSA) is 89.1 Å². The van der Waals surface area contributed by atoms with Crippen molar-refractivity contribution in [2.24, 2.45) is 5.73 Å². The minimum absolute atomic E-state index is 0.00945. The Bertz CT molecular complexity index is 1190. The highest BCUT2D eigenvalue weighted by atomic mass is 16.3. The van der Waals surface area contributed by atoms with E-state index < -0.39 is 5.91 Å². The second kappa shape index (κ2) is 7.81. The number of nitrogens with zero attached hydrogens (tertiary/aromatic N) is 2. The zero-order valence-electron chi connectivity index (χ0n) is 16.1. The molecule has 5 nitrogen and oxygen atoms in total. The molecule has 2 aromatic carbocycles. The SMILES string of the molecule is CCc1nc(C(N)=O)cc2nc(-c3ccc(CO)cc3)c(-c3ccccc3)cc12. The number of carbonyl (C=O) groups is 1. The Kier molecular flexibility index (Phi) is 5.06. The zero-order chi connectivity index (χ0) is 20.4. The van der Waals surface area contributed by atoms with Crippen molar-refractivity contribution in [3.8, 4) is 22.4 Å². The van der Waals surface area contributed by atoms with Gasteiger partial charge in [0.15, 0.2) is 0 Å². The summed E-state index contributed by atoms with van der Waals surface area (Å²) >= 11 is 0. The van der Waals surface area contributed by atoms with Crippen LogP contribution in [0.15, 0.2) is 66.7 Å². The van der Waals surface area contributed by atoms with Gasteiger partial charge in [-0.2, -0.15) is 0 Å². The van der Waals surface area contributed by atoms with Crippen LogP contribution in [0.4, 0.5) is 0 Å². The molecule has 0 spiro atoms. The number of rotatable bonds is 5. The number of aryl methyl sites for hydroxylation is 1. The van der Waals surface area contributed by atoms with Gasteiger partial charge in [0.25, 0.3) is 5.91 Å². The zero-order valence-corrected chi connectivity index (χ0v) is 16.1. The summed E-state index contributed by atoms with van der Waals surface area (Å²) in [5, 5.41) is 10.3. The molecule has 29 heavy (non-hydrogen) atoms. The highest BCUT2D eigenvalue weighted by Gasteiger charge is 2.16. The maximum Gasteiger partial charge on any atom is 0.267 e. The number of hydrogen-bond donors (Lipinski definition) is 2. The summed E-state index contributed by atoms with van der Waals surface area (Å²) in [6, 6.07) is 21.5. The molecule has 4 aromatic rings. The van der Waals surface area contributed by atoms with Gasteiger partial charge in [0.05, 0.1) is 23.5 Å². The number of aromatic nitrogens is 2. The maximum atomic E-state index is 11.7. The summed E-state index contributed by atoms with van der Waals surface area (Å²) in [4.78, 5) is 21.1. The summed E-state index contributed by atoms with van der Waals surface area (Å²) in [6.07, 6.45) is 0.665. The molecule has 2 aromatic heterocycles. The number of carbonyl (C=O) groups excluding carboxylic acids is 1. The first-order chi connectivity index (χ1) is 14.1. The van der Waals surface area contributed by atoms with Gasteiger partial charge < -0.3 is 10.8 Å². The van der Waals surface area contributed by atoms with Crippen LogP contribution in [-0.4, -0.2) is 21.0 Å². The lowest BCUT2D eigenvalue weighted by molar-refractivity contribution is 0.0995. The molecule has 3 N–H and O–H groups in total. The van der Waals surface area contributed by atoms with Crippen LogP contribution in [0.25, 0.3) is 33.3 Å². The molecule has 0 unspecified atom stereocenters. The Balaban J connectivity index is 2.03. The normalized spacial score (nSPS) is 11.0. The third kappa shape index (κ3) is 3.60. The van der Waals surface area contributed by atoms with Crippen LogP contribution in [0.1, 0.15) is 28.7 Å². The first kappa shape index (κ1) is 18.8. The van der Waals surface area contributed by atoms with Crippen molar-refractivity contribution in [1.29, 1.82) is 0 Å². The number of amides is 1. The summed E-state index contributed by atoms with van der Waals surface area (Å²) < 4.78 is 0. The average molecular weight is 383 g/mol. The number of hydrogen-bond acceptors (Lipinski definition) is 4. The molecule has 0 aliphatic carbocycles. The van der Waals surface area contributed by atoms with Gasteiger partial charge in [-0.1, -0.05) is 61.5 Å². The van der Waals surface area contributed by atoms with Crippen LogP contribution in [0.5, 0.6) is 0 Å². The smallest absolute Gasteiger partial charge is 0.267 e. The van der Waals surface area contributed by atoms with Gasteiger partial charge in [-0.15, -0.1) is 0 Å². The van der Waals surface area contributed by atoms with E-state index in [0.717, 1.165) is 39.0 Å². The molecule has 0 atom stereocenters. The first-order valence-electron chi connectivity index (χ1n) is 9.50. The van der Waals surface area contributed by atoms with Gasteiger partial charge in [0, 0.05) is 16.5 Å². The van der Waals surface area contributed by atoms with E-state index in [2.05, 4.69) is 11.1 Å². The minimum Gasteiger partial charge on any atom is -0.392 e. The molecular formula is C24H21N3O2. The van der Waals surface area contributed by atoms with E-state index >= 15 is 0 Å². The molecule has 0 aliphatic rings. The van der Waals surface area contributed by atoms with Gasteiger partial charge in [0.1, 0.15) is 5.69 Å². The van der Waals surface area contributed by atoms with Crippen molar-refractivity contribution in [3.05, 3.63) is 83.7 Å². The minimum atomic E-state index is -0.565. The Hall–Kier alpha value is -3.57. The van der Waals surface area contributed by atoms with E-state index in [1.54, 1.807) is 6.07 Å². The van der Waals surface area contributed by atoms with Gasteiger partial charge >= 0.3 is 0 Å². The highest BCUT2D eigenvalue weighted by molar-refractivity contribution is 5.98. The number of aliphatic hydroxyl groups is 1. The fourth-order valence-electron chi connectivity index (χ4n) is 3.46. The third-order valence-corrected chi connectivity index (χ3v) is 4.97. The molecular weight excluding hydrogens is 362 g/mol. The van der Waals surface area contributed by atoms with E-state index in [4.69, 9.17) is 10.7 Å².